The van der Waals surface area contributed by atoms with Crippen LogP contribution < -0.4 is 16.8 Å². The predicted octanol–water partition coefficient (Wildman–Crippen LogP) is 1.63. The first-order valence-electron chi connectivity index (χ1n) is 5.83. The third-order valence-electron chi connectivity index (χ3n) is 3.47. The van der Waals surface area contributed by atoms with Crippen molar-refractivity contribution in [1.82, 2.24) is 5.32 Å². The Morgan fingerprint density at radius 3 is 2.35 bits per heavy atom. The lowest BCUT2D eigenvalue weighted by Crippen LogP contribution is -2.26. The summed E-state index contributed by atoms with van der Waals surface area (Å²) in [6, 6.07) is 4.92. The normalized spacial score (nSPS) is 20.9. The van der Waals surface area contributed by atoms with E-state index in [1.165, 1.54) is 6.42 Å². The van der Waals surface area contributed by atoms with Crippen molar-refractivity contribution in [3.8, 4) is 0 Å². The van der Waals surface area contributed by atoms with E-state index in [2.05, 4.69) is 19.2 Å². The van der Waals surface area contributed by atoms with Crippen LogP contribution in [0.2, 0.25) is 0 Å². The molecule has 1 aliphatic carbocycles. The molecule has 17 heavy (non-hydrogen) atoms. The number of carbonyl (C=O) groups excluding carboxylic acids is 1. The number of amides is 1. The molecule has 0 radical (unpaired) electrons. The average molecular weight is 233 g/mol. The molecule has 1 amide bonds. The fourth-order valence-corrected chi connectivity index (χ4v) is 2.05. The van der Waals surface area contributed by atoms with E-state index in [0.29, 0.717) is 28.3 Å². The van der Waals surface area contributed by atoms with Gasteiger partial charge in [0.2, 0.25) is 0 Å². The highest BCUT2D eigenvalue weighted by Gasteiger charge is 2.45. The van der Waals surface area contributed by atoms with E-state index in [1.807, 2.05) is 0 Å². The standard InChI is InChI=1S/C13H19N3O/c1-13(2)6-9(13)7-16-12(17)8-3-10(14)5-11(15)4-8/h3-5,9H,6-7,14-15H2,1-2H3,(H,16,17). The second-order valence-electron chi connectivity index (χ2n) is 5.49. The Bertz CT molecular complexity index is 434. The minimum atomic E-state index is -0.105. The Balaban J connectivity index is 1.95. The highest BCUT2D eigenvalue weighted by Crippen LogP contribution is 2.50. The molecule has 0 aliphatic heterocycles. The molecule has 1 saturated carbocycles. The van der Waals surface area contributed by atoms with Gasteiger partial charge in [0.25, 0.3) is 5.91 Å². The zero-order valence-electron chi connectivity index (χ0n) is 10.3. The Morgan fingerprint density at radius 2 is 1.88 bits per heavy atom. The number of nitrogens with one attached hydrogen (secondary N) is 1. The molecule has 1 unspecified atom stereocenters. The maximum absolute atomic E-state index is 11.9. The fraction of sp³-hybridized carbons (Fsp3) is 0.462. The summed E-state index contributed by atoms with van der Waals surface area (Å²) in [6.07, 6.45) is 1.17. The molecule has 0 saturated heterocycles. The molecule has 1 aromatic rings. The molecular weight excluding hydrogens is 214 g/mol. The summed E-state index contributed by atoms with van der Waals surface area (Å²) in [4.78, 5) is 11.9. The second kappa shape index (κ2) is 3.95. The van der Waals surface area contributed by atoms with Gasteiger partial charge in [-0.25, -0.2) is 0 Å². The van der Waals surface area contributed by atoms with Crippen molar-refractivity contribution >= 4 is 17.3 Å². The summed E-state index contributed by atoms with van der Waals surface area (Å²) in [6.45, 7) is 5.14. The van der Waals surface area contributed by atoms with E-state index in [-0.39, 0.29) is 5.91 Å². The van der Waals surface area contributed by atoms with Gasteiger partial charge >= 0.3 is 0 Å². The van der Waals surface area contributed by atoms with Gasteiger partial charge in [0, 0.05) is 23.5 Å². The molecule has 0 aromatic heterocycles. The van der Waals surface area contributed by atoms with Gasteiger partial charge in [-0.15, -0.1) is 0 Å². The van der Waals surface area contributed by atoms with Crippen LogP contribution in [-0.4, -0.2) is 12.5 Å². The lowest BCUT2D eigenvalue weighted by atomic mass is 10.1. The van der Waals surface area contributed by atoms with Gasteiger partial charge in [-0.2, -0.15) is 0 Å². The Labute approximate surface area is 101 Å². The van der Waals surface area contributed by atoms with Gasteiger partial charge in [-0.1, -0.05) is 13.8 Å². The van der Waals surface area contributed by atoms with Crippen molar-refractivity contribution in [2.24, 2.45) is 11.3 Å². The second-order valence-corrected chi connectivity index (χ2v) is 5.49. The van der Waals surface area contributed by atoms with Gasteiger partial charge in [-0.3, -0.25) is 4.79 Å². The molecule has 92 valence electrons. The number of benzene rings is 1. The Morgan fingerprint density at radius 1 is 1.35 bits per heavy atom. The molecule has 1 atom stereocenters. The molecule has 0 spiro atoms. The average Bonchev–Trinajstić information content (AvgIpc) is 2.81. The summed E-state index contributed by atoms with van der Waals surface area (Å²) in [5.74, 6) is 0.483. The van der Waals surface area contributed by atoms with Gasteiger partial charge in [-0.05, 0) is 36.0 Å². The summed E-state index contributed by atoms with van der Waals surface area (Å²) < 4.78 is 0. The van der Waals surface area contributed by atoms with Crippen LogP contribution in [0, 0.1) is 11.3 Å². The lowest BCUT2D eigenvalue weighted by Gasteiger charge is -2.08. The smallest absolute Gasteiger partial charge is 0.251 e. The van der Waals surface area contributed by atoms with E-state index in [4.69, 9.17) is 11.5 Å². The highest BCUT2D eigenvalue weighted by molar-refractivity contribution is 5.96. The number of carbonyl (C=O) groups is 1. The van der Waals surface area contributed by atoms with Crippen LogP contribution in [0.5, 0.6) is 0 Å². The van der Waals surface area contributed by atoms with Gasteiger partial charge in [0.1, 0.15) is 0 Å². The van der Waals surface area contributed by atoms with Crippen molar-refractivity contribution < 1.29 is 4.79 Å². The van der Waals surface area contributed by atoms with Crippen LogP contribution in [0.1, 0.15) is 30.6 Å². The molecule has 4 nitrogen and oxygen atoms in total. The monoisotopic (exact) mass is 233 g/mol. The maximum atomic E-state index is 11.9. The largest absolute Gasteiger partial charge is 0.399 e. The fourth-order valence-electron chi connectivity index (χ4n) is 2.05. The zero-order chi connectivity index (χ0) is 12.6. The first-order valence-corrected chi connectivity index (χ1v) is 5.83. The zero-order valence-corrected chi connectivity index (χ0v) is 10.3. The SMILES string of the molecule is CC1(C)CC1CNC(=O)c1cc(N)cc(N)c1. The van der Waals surface area contributed by atoms with E-state index in [9.17, 15) is 4.79 Å². The van der Waals surface area contributed by atoms with Gasteiger partial charge in [0.05, 0.1) is 0 Å². The summed E-state index contributed by atoms with van der Waals surface area (Å²) in [5.41, 5.74) is 13.2. The molecule has 2 rings (SSSR count). The van der Waals surface area contributed by atoms with Crippen molar-refractivity contribution in [3.63, 3.8) is 0 Å². The first kappa shape index (κ1) is 11.8. The van der Waals surface area contributed by atoms with Crippen LogP contribution in [0.25, 0.3) is 0 Å². The van der Waals surface area contributed by atoms with Crippen molar-refractivity contribution in [2.45, 2.75) is 20.3 Å². The molecular formula is C13H19N3O. The highest BCUT2D eigenvalue weighted by atomic mass is 16.1. The number of anilines is 2. The number of nitrogens with two attached hydrogens (primary N) is 2. The van der Waals surface area contributed by atoms with Crippen LogP contribution in [0.15, 0.2) is 18.2 Å². The molecule has 4 heteroatoms. The van der Waals surface area contributed by atoms with Gasteiger partial charge in [0.15, 0.2) is 0 Å². The van der Waals surface area contributed by atoms with Crippen molar-refractivity contribution in [3.05, 3.63) is 23.8 Å². The minimum Gasteiger partial charge on any atom is -0.399 e. The summed E-state index contributed by atoms with van der Waals surface area (Å²) >= 11 is 0. The molecule has 0 heterocycles. The van der Waals surface area contributed by atoms with Crippen LogP contribution in [-0.2, 0) is 0 Å². The maximum Gasteiger partial charge on any atom is 0.251 e. The topological polar surface area (TPSA) is 81.1 Å². The molecule has 0 bridgehead atoms. The molecule has 1 aromatic carbocycles. The van der Waals surface area contributed by atoms with E-state index >= 15 is 0 Å². The van der Waals surface area contributed by atoms with Gasteiger partial charge < -0.3 is 16.8 Å². The van der Waals surface area contributed by atoms with E-state index < -0.39 is 0 Å². The number of hydrogen-bond donors (Lipinski definition) is 3. The molecule has 5 N–H and O–H groups in total. The van der Waals surface area contributed by atoms with Crippen molar-refractivity contribution in [2.75, 3.05) is 18.0 Å². The van der Waals surface area contributed by atoms with Crippen LogP contribution >= 0.6 is 0 Å². The summed E-state index contributed by atoms with van der Waals surface area (Å²) in [5, 5.41) is 2.92. The molecule has 1 fully saturated rings. The van der Waals surface area contributed by atoms with Crippen molar-refractivity contribution in [1.29, 1.82) is 0 Å². The number of rotatable bonds is 3. The molecule has 1 aliphatic rings. The van der Waals surface area contributed by atoms with Crippen LogP contribution in [0.3, 0.4) is 0 Å². The quantitative estimate of drug-likeness (QED) is 0.694. The number of nitrogen functional groups attached to an aromatic ring is 2. The minimum absolute atomic E-state index is 0.105. The Kier molecular flexibility index (Phi) is 2.73. The third kappa shape index (κ3) is 2.70. The predicted molar refractivity (Wildman–Crippen MR) is 69.5 cm³/mol. The Hall–Kier alpha value is -1.71. The number of hydrogen-bond acceptors (Lipinski definition) is 3. The van der Waals surface area contributed by atoms with E-state index in [1.54, 1.807) is 18.2 Å². The third-order valence-corrected chi connectivity index (χ3v) is 3.47. The lowest BCUT2D eigenvalue weighted by molar-refractivity contribution is 0.0950. The van der Waals surface area contributed by atoms with Crippen LogP contribution in [0.4, 0.5) is 11.4 Å². The van der Waals surface area contributed by atoms with E-state index in [0.717, 1.165) is 6.54 Å². The first-order chi connectivity index (χ1) is 7.88. The summed E-state index contributed by atoms with van der Waals surface area (Å²) in [7, 11) is 0.